The molecule has 0 aliphatic heterocycles. The van der Waals surface area contributed by atoms with Crippen molar-refractivity contribution < 1.29 is 14.3 Å². The minimum absolute atomic E-state index is 0.106. The number of methoxy groups -OCH3 is 1. The zero-order chi connectivity index (χ0) is 18.0. The highest BCUT2D eigenvalue weighted by molar-refractivity contribution is 9.10. The fourth-order valence-corrected chi connectivity index (χ4v) is 3.51. The first kappa shape index (κ1) is 17.9. The molecule has 0 radical (unpaired) electrons. The molecule has 3 rings (SSSR count). The molecule has 0 spiro atoms. The lowest BCUT2D eigenvalue weighted by Crippen LogP contribution is -2.42. The number of carbonyl (C=O) groups is 2. The SMILES string of the molecule is COc1ccc(CN(C(=O)C2CC(=O)C2)c2ncc(Cl)cc2Br)cc1. The molecule has 7 heteroatoms. The van der Waals surface area contributed by atoms with Gasteiger partial charge in [-0.05, 0) is 39.7 Å². The summed E-state index contributed by atoms with van der Waals surface area (Å²) in [4.78, 5) is 30.1. The van der Waals surface area contributed by atoms with Gasteiger partial charge in [0.1, 0.15) is 17.4 Å². The molecule has 1 saturated carbocycles. The van der Waals surface area contributed by atoms with Crippen LogP contribution < -0.4 is 9.64 Å². The largest absolute Gasteiger partial charge is 0.497 e. The molecule has 0 bridgehead atoms. The Morgan fingerprint density at radius 2 is 2.04 bits per heavy atom. The maximum absolute atomic E-state index is 12.9. The third-order valence-corrected chi connectivity index (χ3v) is 4.90. The highest BCUT2D eigenvalue weighted by Crippen LogP contribution is 2.32. The number of aromatic nitrogens is 1. The second kappa shape index (κ2) is 7.54. The van der Waals surface area contributed by atoms with Crippen molar-refractivity contribution >= 4 is 45.0 Å². The van der Waals surface area contributed by atoms with Crippen LogP contribution in [0.3, 0.4) is 0 Å². The van der Waals surface area contributed by atoms with Crippen LogP contribution in [0, 0.1) is 5.92 Å². The van der Waals surface area contributed by atoms with Crippen LogP contribution in [-0.4, -0.2) is 23.8 Å². The summed E-state index contributed by atoms with van der Waals surface area (Å²) in [6, 6.07) is 9.18. The molecule has 25 heavy (non-hydrogen) atoms. The Morgan fingerprint density at radius 3 is 2.60 bits per heavy atom. The molecule has 1 aliphatic carbocycles. The molecule has 0 atom stereocenters. The van der Waals surface area contributed by atoms with Crippen molar-refractivity contribution in [1.82, 2.24) is 4.98 Å². The Balaban J connectivity index is 1.90. The van der Waals surface area contributed by atoms with Crippen molar-refractivity contribution in [3.05, 3.63) is 51.6 Å². The number of benzene rings is 1. The smallest absolute Gasteiger partial charge is 0.232 e. The standard InChI is InChI=1S/C18H16BrClN2O3/c1-25-15-4-2-11(3-5-15)10-22(18(24)12-6-14(23)7-12)17-16(19)8-13(20)9-21-17/h2-5,8-9,12H,6-7,10H2,1H3. The summed E-state index contributed by atoms with van der Waals surface area (Å²) in [7, 11) is 1.60. The van der Waals surface area contributed by atoms with Crippen LogP contribution in [0.1, 0.15) is 18.4 Å². The van der Waals surface area contributed by atoms with Gasteiger partial charge >= 0.3 is 0 Å². The van der Waals surface area contributed by atoms with E-state index in [1.54, 1.807) is 18.1 Å². The molecular weight excluding hydrogens is 408 g/mol. The van der Waals surface area contributed by atoms with Crippen molar-refractivity contribution in [2.24, 2.45) is 5.92 Å². The van der Waals surface area contributed by atoms with Crippen molar-refractivity contribution in [2.75, 3.05) is 12.0 Å². The average molecular weight is 424 g/mol. The van der Waals surface area contributed by atoms with E-state index in [9.17, 15) is 9.59 Å². The van der Waals surface area contributed by atoms with Crippen molar-refractivity contribution in [3.8, 4) is 5.75 Å². The van der Waals surface area contributed by atoms with Crippen molar-refractivity contribution in [1.29, 1.82) is 0 Å². The molecule has 0 unspecified atom stereocenters. The number of halogens is 2. The maximum atomic E-state index is 12.9. The van der Waals surface area contributed by atoms with E-state index in [-0.39, 0.29) is 17.6 Å². The van der Waals surface area contributed by atoms with E-state index in [2.05, 4.69) is 20.9 Å². The van der Waals surface area contributed by atoms with E-state index in [1.807, 2.05) is 24.3 Å². The first-order chi connectivity index (χ1) is 12.0. The number of anilines is 1. The molecule has 1 aliphatic rings. The lowest BCUT2D eigenvalue weighted by molar-refractivity contribution is -0.136. The molecule has 0 saturated heterocycles. The van der Waals surface area contributed by atoms with Gasteiger partial charge in [-0.2, -0.15) is 0 Å². The number of hydrogen-bond acceptors (Lipinski definition) is 4. The van der Waals surface area contributed by atoms with Gasteiger partial charge in [-0.3, -0.25) is 14.5 Å². The Labute approximate surface area is 159 Å². The fraction of sp³-hybridized carbons (Fsp3) is 0.278. The van der Waals surface area contributed by atoms with Gasteiger partial charge < -0.3 is 4.74 Å². The number of nitrogens with zero attached hydrogens (tertiary/aromatic N) is 2. The Bertz CT molecular complexity index is 802. The van der Waals surface area contributed by atoms with Gasteiger partial charge in [-0.15, -0.1) is 0 Å². The molecule has 1 fully saturated rings. The third-order valence-electron chi connectivity index (χ3n) is 4.11. The summed E-state index contributed by atoms with van der Waals surface area (Å²) in [5.74, 6) is 0.966. The Kier molecular flexibility index (Phi) is 5.39. The summed E-state index contributed by atoms with van der Waals surface area (Å²) < 4.78 is 5.79. The van der Waals surface area contributed by atoms with Crippen LogP contribution in [0.2, 0.25) is 5.02 Å². The van der Waals surface area contributed by atoms with Crippen LogP contribution in [-0.2, 0) is 16.1 Å². The highest BCUT2D eigenvalue weighted by atomic mass is 79.9. The minimum Gasteiger partial charge on any atom is -0.497 e. The van der Waals surface area contributed by atoms with E-state index >= 15 is 0 Å². The number of ketones is 1. The number of rotatable bonds is 5. The van der Waals surface area contributed by atoms with Gasteiger partial charge in [-0.25, -0.2) is 4.98 Å². The van der Waals surface area contributed by atoms with Gasteiger partial charge in [0, 0.05) is 19.0 Å². The zero-order valence-electron chi connectivity index (χ0n) is 13.5. The summed E-state index contributed by atoms with van der Waals surface area (Å²) in [5, 5.41) is 0.478. The van der Waals surface area contributed by atoms with E-state index in [4.69, 9.17) is 16.3 Å². The number of Topliss-reactive ketones (excluding diaryl/α,β-unsaturated/α-hetero) is 1. The molecule has 1 aromatic heterocycles. The normalized spacial score (nSPS) is 14.1. The zero-order valence-corrected chi connectivity index (χ0v) is 15.9. The number of ether oxygens (including phenoxy) is 1. The van der Waals surface area contributed by atoms with Gasteiger partial charge in [0.25, 0.3) is 0 Å². The highest BCUT2D eigenvalue weighted by Gasteiger charge is 2.37. The van der Waals surface area contributed by atoms with Crippen LogP contribution in [0.5, 0.6) is 5.75 Å². The minimum atomic E-state index is -0.282. The quantitative estimate of drug-likeness (QED) is 0.729. The predicted molar refractivity (Wildman–Crippen MR) is 98.9 cm³/mol. The van der Waals surface area contributed by atoms with Gasteiger partial charge in [-0.1, -0.05) is 23.7 Å². The maximum Gasteiger partial charge on any atom is 0.232 e. The molecule has 1 amide bonds. The van der Waals surface area contributed by atoms with Gasteiger partial charge in [0.15, 0.2) is 0 Å². The topological polar surface area (TPSA) is 59.5 Å². The van der Waals surface area contributed by atoms with Crippen LogP contribution in [0.25, 0.3) is 0 Å². The van der Waals surface area contributed by atoms with Crippen LogP contribution in [0.4, 0.5) is 5.82 Å². The molecule has 0 N–H and O–H groups in total. The van der Waals surface area contributed by atoms with Crippen molar-refractivity contribution in [2.45, 2.75) is 19.4 Å². The third kappa shape index (κ3) is 4.02. The van der Waals surface area contributed by atoms with Crippen LogP contribution >= 0.6 is 27.5 Å². The Hall–Kier alpha value is -1.92. The van der Waals surface area contributed by atoms with Gasteiger partial charge in [0.2, 0.25) is 5.91 Å². The molecule has 1 aromatic carbocycles. The second-order valence-electron chi connectivity index (χ2n) is 5.88. The summed E-state index contributed by atoms with van der Waals surface area (Å²) in [6.07, 6.45) is 2.09. The van der Waals surface area contributed by atoms with E-state index in [1.165, 1.54) is 6.20 Å². The molecular formula is C18H16BrClN2O3. The van der Waals surface area contributed by atoms with E-state index < -0.39 is 0 Å². The average Bonchev–Trinajstić information content (AvgIpc) is 2.57. The molecule has 130 valence electrons. The van der Waals surface area contributed by atoms with Crippen LogP contribution in [0.15, 0.2) is 41.0 Å². The fourth-order valence-electron chi connectivity index (χ4n) is 2.66. The van der Waals surface area contributed by atoms with Gasteiger partial charge in [0.05, 0.1) is 29.1 Å². The predicted octanol–water partition coefficient (Wildman–Crippen LogP) is 4.02. The first-order valence-electron chi connectivity index (χ1n) is 7.75. The number of pyridine rings is 1. The number of hydrogen-bond donors (Lipinski definition) is 0. The monoisotopic (exact) mass is 422 g/mol. The summed E-state index contributed by atoms with van der Waals surface area (Å²) in [6.45, 7) is 0.348. The molecule has 5 nitrogen and oxygen atoms in total. The second-order valence-corrected chi connectivity index (χ2v) is 7.17. The first-order valence-corrected chi connectivity index (χ1v) is 8.92. The van der Waals surface area contributed by atoms with E-state index in [0.29, 0.717) is 34.7 Å². The van der Waals surface area contributed by atoms with Crippen molar-refractivity contribution in [3.63, 3.8) is 0 Å². The lowest BCUT2D eigenvalue weighted by atomic mass is 9.83. The molecule has 2 aromatic rings. The van der Waals surface area contributed by atoms with E-state index in [0.717, 1.165) is 11.3 Å². The lowest BCUT2D eigenvalue weighted by Gasteiger charge is -2.31. The summed E-state index contributed by atoms with van der Waals surface area (Å²) >= 11 is 9.39. The summed E-state index contributed by atoms with van der Waals surface area (Å²) in [5.41, 5.74) is 0.934. The molecule has 1 heterocycles. The number of carbonyl (C=O) groups excluding carboxylic acids is 2. The Morgan fingerprint density at radius 1 is 1.36 bits per heavy atom. The number of amides is 1.